The molecular formula is C11H10F5NO2. The van der Waals surface area contributed by atoms with Crippen LogP contribution in [0.5, 0.6) is 0 Å². The van der Waals surface area contributed by atoms with E-state index in [1.165, 1.54) is 0 Å². The van der Waals surface area contributed by atoms with Gasteiger partial charge in [0.25, 0.3) is 0 Å². The minimum Gasteiger partial charge on any atom is -0.480 e. The zero-order valence-electron chi connectivity index (χ0n) is 9.55. The van der Waals surface area contributed by atoms with Crippen LogP contribution in [0, 0.1) is 11.6 Å². The van der Waals surface area contributed by atoms with E-state index >= 15 is 0 Å². The van der Waals surface area contributed by atoms with Crippen LogP contribution in [0.1, 0.15) is 5.56 Å². The van der Waals surface area contributed by atoms with Gasteiger partial charge in [0.2, 0.25) is 0 Å². The summed E-state index contributed by atoms with van der Waals surface area (Å²) in [6.07, 6.45) is -4.63. The van der Waals surface area contributed by atoms with Crippen molar-refractivity contribution in [3.63, 3.8) is 0 Å². The number of nitrogens with zero attached hydrogens (tertiary/aromatic N) is 1. The molecule has 0 saturated carbocycles. The Kier molecular flexibility index (Phi) is 4.82. The maximum atomic E-state index is 13.3. The van der Waals surface area contributed by atoms with E-state index in [4.69, 9.17) is 5.11 Å². The van der Waals surface area contributed by atoms with Gasteiger partial charge >= 0.3 is 12.1 Å². The maximum Gasteiger partial charge on any atom is 0.401 e. The zero-order valence-corrected chi connectivity index (χ0v) is 9.55. The Morgan fingerprint density at radius 2 is 1.89 bits per heavy atom. The summed E-state index contributed by atoms with van der Waals surface area (Å²) in [5.74, 6) is -3.18. The van der Waals surface area contributed by atoms with Gasteiger partial charge in [-0.2, -0.15) is 13.2 Å². The van der Waals surface area contributed by atoms with Gasteiger partial charge in [-0.1, -0.05) is 0 Å². The summed E-state index contributed by atoms with van der Waals surface area (Å²) in [5.41, 5.74) is -0.328. The highest BCUT2D eigenvalue weighted by Crippen LogP contribution is 2.19. The summed E-state index contributed by atoms with van der Waals surface area (Å²) < 4.78 is 62.9. The van der Waals surface area contributed by atoms with Crippen molar-refractivity contribution in [2.75, 3.05) is 13.1 Å². The van der Waals surface area contributed by atoms with Crippen molar-refractivity contribution in [3.05, 3.63) is 35.4 Å². The first-order valence-electron chi connectivity index (χ1n) is 5.12. The predicted molar refractivity (Wildman–Crippen MR) is 55.3 cm³/mol. The fraction of sp³-hybridized carbons (Fsp3) is 0.364. The first-order chi connectivity index (χ1) is 8.67. The molecule has 1 N–H and O–H groups in total. The fourth-order valence-electron chi connectivity index (χ4n) is 1.52. The molecule has 0 aliphatic carbocycles. The van der Waals surface area contributed by atoms with Gasteiger partial charge in [-0.3, -0.25) is 9.69 Å². The average molecular weight is 283 g/mol. The first-order valence-corrected chi connectivity index (χ1v) is 5.12. The molecule has 8 heteroatoms. The molecule has 0 atom stereocenters. The van der Waals surface area contributed by atoms with E-state index in [1.807, 2.05) is 0 Å². The summed E-state index contributed by atoms with van der Waals surface area (Å²) in [6.45, 7) is -3.08. The molecule has 3 nitrogen and oxygen atoms in total. The zero-order chi connectivity index (χ0) is 14.6. The van der Waals surface area contributed by atoms with E-state index in [2.05, 4.69) is 0 Å². The average Bonchev–Trinajstić information content (AvgIpc) is 2.20. The van der Waals surface area contributed by atoms with Crippen LogP contribution in [-0.2, 0) is 11.3 Å². The van der Waals surface area contributed by atoms with E-state index in [1.54, 1.807) is 0 Å². The van der Waals surface area contributed by atoms with E-state index < -0.39 is 43.4 Å². The molecule has 0 unspecified atom stereocenters. The quantitative estimate of drug-likeness (QED) is 0.844. The number of aliphatic carboxylic acids is 1. The number of carbonyl (C=O) groups is 1. The monoisotopic (exact) mass is 283 g/mol. The number of alkyl halides is 3. The number of carboxylic acids is 1. The van der Waals surface area contributed by atoms with Gasteiger partial charge < -0.3 is 5.11 Å². The third-order valence-corrected chi connectivity index (χ3v) is 2.16. The Hall–Kier alpha value is -1.70. The van der Waals surface area contributed by atoms with Crippen LogP contribution in [0.2, 0.25) is 0 Å². The second-order valence-electron chi connectivity index (χ2n) is 3.89. The van der Waals surface area contributed by atoms with Crippen molar-refractivity contribution in [3.8, 4) is 0 Å². The molecule has 0 bridgehead atoms. The van der Waals surface area contributed by atoms with Crippen molar-refractivity contribution in [1.29, 1.82) is 0 Å². The highest BCUT2D eigenvalue weighted by molar-refractivity contribution is 5.69. The van der Waals surface area contributed by atoms with Gasteiger partial charge in [0.15, 0.2) is 0 Å². The third kappa shape index (κ3) is 5.64. The molecule has 106 valence electrons. The van der Waals surface area contributed by atoms with Gasteiger partial charge in [-0.25, -0.2) is 8.78 Å². The molecule has 0 aliphatic rings. The molecule has 1 aromatic carbocycles. The minimum atomic E-state index is -4.63. The number of hydrogen-bond acceptors (Lipinski definition) is 2. The molecule has 0 radical (unpaired) electrons. The SMILES string of the molecule is O=C(O)CN(Cc1cc(F)ccc1F)CC(F)(F)F. The van der Waals surface area contributed by atoms with E-state index in [0.29, 0.717) is 4.90 Å². The lowest BCUT2D eigenvalue weighted by atomic mass is 10.2. The lowest BCUT2D eigenvalue weighted by molar-refractivity contribution is -0.154. The topological polar surface area (TPSA) is 40.5 Å². The second-order valence-corrected chi connectivity index (χ2v) is 3.89. The standard InChI is InChI=1S/C11H10F5NO2/c12-8-1-2-9(13)7(3-8)4-17(5-10(18)19)6-11(14,15)16/h1-3H,4-6H2,(H,18,19). The number of halogens is 5. The van der Waals surface area contributed by atoms with Crippen molar-refractivity contribution in [2.24, 2.45) is 0 Å². The maximum absolute atomic E-state index is 13.3. The Balaban J connectivity index is 2.87. The van der Waals surface area contributed by atoms with Gasteiger partial charge in [-0.05, 0) is 18.2 Å². The Labute approximate surface area is 105 Å². The Morgan fingerprint density at radius 1 is 1.26 bits per heavy atom. The van der Waals surface area contributed by atoms with Gasteiger partial charge in [-0.15, -0.1) is 0 Å². The first kappa shape index (κ1) is 15.4. The van der Waals surface area contributed by atoms with Crippen LogP contribution in [0.25, 0.3) is 0 Å². The minimum absolute atomic E-state index is 0.328. The molecule has 0 fully saturated rings. The molecule has 0 aromatic heterocycles. The molecule has 0 aliphatic heterocycles. The number of carboxylic acid groups (broad SMARTS) is 1. The Bertz CT molecular complexity index is 461. The van der Waals surface area contributed by atoms with E-state index in [-0.39, 0.29) is 5.56 Å². The van der Waals surface area contributed by atoms with Gasteiger partial charge in [0.1, 0.15) is 11.6 Å². The highest BCUT2D eigenvalue weighted by atomic mass is 19.4. The third-order valence-electron chi connectivity index (χ3n) is 2.16. The summed E-state index contributed by atoms with van der Waals surface area (Å²) in [5, 5.41) is 8.51. The fourth-order valence-corrected chi connectivity index (χ4v) is 1.52. The van der Waals surface area contributed by atoms with E-state index in [0.717, 1.165) is 18.2 Å². The van der Waals surface area contributed by atoms with Crippen molar-refractivity contribution in [2.45, 2.75) is 12.7 Å². The molecule has 0 amide bonds. The van der Waals surface area contributed by atoms with Gasteiger partial charge in [0, 0.05) is 12.1 Å². The second kappa shape index (κ2) is 5.96. The predicted octanol–water partition coefficient (Wildman–Crippen LogP) is 2.41. The summed E-state index contributed by atoms with van der Waals surface area (Å²) in [6, 6.07) is 2.34. The van der Waals surface area contributed by atoms with E-state index in [9.17, 15) is 26.7 Å². The number of benzene rings is 1. The summed E-state index contributed by atoms with van der Waals surface area (Å²) in [4.78, 5) is 10.9. The van der Waals surface area contributed by atoms with Crippen LogP contribution in [0.3, 0.4) is 0 Å². The molecule has 0 heterocycles. The van der Waals surface area contributed by atoms with Crippen molar-refractivity contribution < 1.29 is 31.9 Å². The lowest BCUT2D eigenvalue weighted by Crippen LogP contribution is -2.37. The van der Waals surface area contributed by atoms with Crippen LogP contribution >= 0.6 is 0 Å². The van der Waals surface area contributed by atoms with Crippen LogP contribution in [0.4, 0.5) is 22.0 Å². The highest BCUT2D eigenvalue weighted by Gasteiger charge is 2.31. The van der Waals surface area contributed by atoms with Crippen LogP contribution < -0.4 is 0 Å². The molecule has 0 spiro atoms. The smallest absolute Gasteiger partial charge is 0.401 e. The van der Waals surface area contributed by atoms with Crippen LogP contribution in [-0.4, -0.2) is 35.2 Å². The lowest BCUT2D eigenvalue weighted by Gasteiger charge is -2.22. The number of hydrogen-bond donors (Lipinski definition) is 1. The molecule has 1 aromatic rings. The largest absolute Gasteiger partial charge is 0.480 e. The summed E-state index contributed by atoms with van der Waals surface area (Å²) >= 11 is 0. The summed E-state index contributed by atoms with van der Waals surface area (Å²) in [7, 11) is 0. The Morgan fingerprint density at radius 3 is 2.42 bits per heavy atom. The van der Waals surface area contributed by atoms with Crippen molar-refractivity contribution in [1.82, 2.24) is 4.90 Å². The normalized spacial score (nSPS) is 11.9. The molecule has 1 rings (SSSR count). The van der Waals surface area contributed by atoms with Crippen molar-refractivity contribution >= 4 is 5.97 Å². The molecular weight excluding hydrogens is 273 g/mol. The van der Waals surface area contributed by atoms with Gasteiger partial charge in [0.05, 0.1) is 13.1 Å². The molecule has 0 saturated heterocycles. The van der Waals surface area contributed by atoms with Crippen LogP contribution in [0.15, 0.2) is 18.2 Å². The molecule has 19 heavy (non-hydrogen) atoms. The number of rotatable bonds is 5.